The summed E-state index contributed by atoms with van der Waals surface area (Å²) in [5.74, 6) is -1.20. The highest BCUT2D eigenvalue weighted by molar-refractivity contribution is 6.39. The van der Waals surface area contributed by atoms with Crippen LogP contribution in [-0.2, 0) is 22.4 Å². The molecule has 5 nitrogen and oxygen atoms in total. The lowest BCUT2D eigenvalue weighted by atomic mass is 10.0. The normalized spacial score (nSPS) is 10.5. The predicted molar refractivity (Wildman–Crippen MR) is 85.4 cm³/mol. The van der Waals surface area contributed by atoms with E-state index in [1.54, 1.807) is 0 Å². The number of hydrogen-bond donors (Lipinski definition) is 2. The highest BCUT2D eigenvalue weighted by atomic mass is 16.2. The van der Waals surface area contributed by atoms with Crippen LogP contribution in [0.2, 0.25) is 0 Å². The Hall–Kier alpha value is -1.88. The van der Waals surface area contributed by atoms with E-state index in [2.05, 4.69) is 10.6 Å². The Morgan fingerprint density at radius 2 is 1.62 bits per heavy atom. The molecule has 0 aromatic heterocycles. The van der Waals surface area contributed by atoms with Crippen LogP contribution in [0.1, 0.15) is 25.0 Å². The third-order valence-electron chi connectivity index (χ3n) is 3.29. The maximum atomic E-state index is 12.0. The van der Waals surface area contributed by atoms with Gasteiger partial charge in [0, 0.05) is 18.8 Å². The number of carbonyl (C=O) groups is 2. The smallest absolute Gasteiger partial charge is 0.313 e. The van der Waals surface area contributed by atoms with Crippen molar-refractivity contribution in [3.8, 4) is 0 Å². The van der Waals surface area contributed by atoms with Crippen LogP contribution in [0.4, 0.5) is 5.69 Å². The minimum atomic E-state index is -0.607. The molecule has 2 N–H and O–H groups in total. The third-order valence-corrected chi connectivity index (χ3v) is 3.29. The van der Waals surface area contributed by atoms with E-state index in [0.717, 1.165) is 29.7 Å². The van der Waals surface area contributed by atoms with Crippen molar-refractivity contribution in [3.05, 3.63) is 29.3 Å². The molecule has 0 saturated heterocycles. The minimum Gasteiger partial charge on any atom is -0.347 e. The molecule has 0 aliphatic carbocycles. The fourth-order valence-electron chi connectivity index (χ4n) is 2.05. The Kier molecular flexibility index (Phi) is 6.88. The van der Waals surface area contributed by atoms with Gasteiger partial charge in [-0.2, -0.15) is 0 Å². The average molecular weight is 291 g/mol. The minimum absolute atomic E-state index is 0.454. The summed E-state index contributed by atoms with van der Waals surface area (Å²) in [7, 11) is 3.83. The summed E-state index contributed by atoms with van der Waals surface area (Å²) < 4.78 is 0. The summed E-state index contributed by atoms with van der Waals surface area (Å²) in [6, 6.07) is 5.92. The van der Waals surface area contributed by atoms with Crippen molar-refractivity contribution in [3.63, 3.8) is 0 Å². The monoisotopic (exact) mass is 291 g/mol. The number of aryl methyl sites for hydroxylation is 2. The number of nitrogens with one attached hydrogen (secondary N) is 2. The van der Waals surface area contributed by atoms with Crippen LogP contribution in [0.15, 0.2) is 18.2 Å². The summed E-state index contributed by atoms with van der Waals surface area (Å²) in [5, 5.41) is 5.37. The van der Waals surface area contributed by atoms with Gasteiger partial charge in [0.2, 0.25) is 0 Å². The van der Waals surface area contributed by atoms with Crippen molar-refractivity contribution in [2.45, 2.75) is 26.7 Å². The third kappa shape index (κ3) is 5.19. The molecule has 1 aromatic rings. The van der Waals surface area contributed by atoms with Crippen LogP contribution < -0.4 is 10.6 Å². The van der Waals surface area contributed by atoms with Gasteiger partial charge in [-0.05, 0) is 38.1 Å². The second kappa shape index (κ2) is 8.42. The van der Waals surface area contributed by atoms with Crippen molar-refractivity contribution in [2.24, 2.45) is 0 Å². The van der Waals surface area contributed by atoms with Gasteiger partial charge in [0.15, 0.2) is 0 Å². The Morgan fingerprint density at radius 3 is 2.10 bits per heavy atom. The van der Waals surface area contributed by atoms with E-state index in [1.165, 1.54) is 0 Å². The lowest BCUT2D eigenvalue weighted by Gasteiger charge is -2.14. The largest absolute Gasteiger partial charge is 0.347 e. The summed E-state index contributed by atoms with van der Waals surface area (Å²) >= 11 is 0. The maximum Gasteiger partial charge on any atom is 0.313 e. The quantitative estimate of drug-likeness (QED) is 0.779. The molecule has 0 atom stereocenters. The Balaban J connectivity index is 2.72. The van der Waals surface area contributed by atoms with Crippen molar-refractivity contribution in [1.29, 1.82) is 0 Å². The molecule has 0 spiro atoms. The molecule has 0 bridgehead atoms. The first-order chi connectivity index (χ1) is 9.99. The first-order valence-electron chi connectivity index (χ1n) is 7.34. The van der Waals surface area contributed by atoms with E-state index in [4.69, 9.17) is 0 Å². The highest BCUT2D eigenvalue weighted by Gasteiger charge is 2.16. The van der Waals surface area contributed by atoms with E-state index in [1.807, 2.05) is 51.0 Å². The summed E-state index contributed by atoms with van der Waals surface area (Å²) in [4.78, 5) is 25.7. The molecule has 5 heteroatoms. The van der Waals surface area contributed by atoms with Gasteiger partial charge in [-0.1, -0.05) is 32.0 Å². The zero-order valence-electron chi connectivity index (χ0n) is 13.3. The number of carbonyl (C=O) groups excluding carboxylic acids is 2. The van der Waals surface area contributed by atoms with Crippen LogP contribution in [0.5, 0.6) is 0 Å². The molecule has 116 valence electrons. The molecule has 2 amide bonds. The lowest BCUT2D eigenvalue weighted by molar-refractivity contribution is -0.136. The van der Waals surface area contributed by atoms with Gasteiger partial charge in [-0.25, -0.2) is 0 Å². The van der Waals surface area contributed by atoms with Crippen LogP contribution in [0, 0.1) is 0 Å². The maximum absolute atomic E-state index is 12.0. The summed E-state index contributed by atoms with van der Waals surface area (Å²) in [5.41, 5.74) is 2.86. The van der Waals surface area contributed by atoms with E-state index in [-0.39, 0.29) is 0 Å². The van der Waals surface area contributed by atoms with Gasteiger partial charge in [0.1, 0.15) is 0 Å². The van der Waals surface area contributed by atoms with Crippen molar-refractivity contribution in [1.82, 2.24) is 10.2 Å². The molecule has 21 heavy (non-hydrogen) atoms. The molecule has 0 aliphatic heterocycles. The molecule has 0 heterocycles. The SMILES string of the molecule is CCc1cccc(CC)c1NC(=O)C(=O)NCCN(C)C. The van der Waals surface area contributed by atoms with Gasteiger partial charge in [0.05, 0.1) is 0 Å². The van der Waals surface area contributed by atoms with Crippen LogP contribution in [-0.4, -0.2) is 43.9 Å². The fraction of sp³-hybridized carbons (Fsp3) is 0.500. The fourth-order valence-corrected chi connectivity index (χ4v) is 2.05. The molecule has 0 fully saturated rings. The molecule has 1 aromatic carbocycles. The topological polar surface area (TPSA) is 61.4 Å². The zero-order valence-corrected chi connectivity index (χ0v) is 13.3. The number of rotatable bonds is 6. The summed E-state index contributed by atoms with van der Waals surface area (Å²) in [6.45, 7) is 5.21. The number of nitrogens with zero attached hydrogens (tertiary/aromatic N) is 1. The van der Waals surface area contributed by atoms with Gasteiger partial charge in [-0.15, -0.1) is 0 Å². The number of benzene rings is 1. The molecule has 1 rings (SSSR count). The predicted octanol–water partition coefficient (Wildman–Crippen LogP) is 1.43. The van der Waals surface area contributed by atoms with E-state index < -0.39 is 11.8 Å². The number of amides is 2. The van der Waals surface area contributed by atoms with Crippen LogP contribution in [0.25, 0.3) is 0 Å². The van der Waals surface area contributed by atoms with Crippen LogP contribution in [0.3, 0.4) is 0 Å². The van der Waals surface area contributed by atoms with E-state index in [9.17, 15) is 9.59 Å². The molecule has 0 radical (unpaired) electrons. The van der Waals surface area contributed by atoms with Crippen molar-refractivity contribution in [2.75, 3.05) is 32.5 Å². The van der Waals surface area contributed by atoms with Gasteiger partial charge >= 0.3 is 11.8 Å². The second-order valence-corrected chi connectivity index (χ2v) is 5.17. The first-order valence-corrected chi connectivity index (χ1v) is 7.34. The Labute approximate surface area is 126 Å². The van der Waals surface area contributed by atoms with Crippen LogP contribution >= 0.6 is 0 Å². The molecule has 0 aliphatic rings. The zero-order chi connectivity index (χ0) is 15.8. The van der Waals surface area contributed by atoms with E-state index >= 15 is 0 Å². The molecule has 0 saturated carbocycles. The van der Waals surface area contributed by atoms with Gasteiger partial charge < -0.3 is 15.5 Å². The summed E-state index contributed by atoms with van der Waals surface area (Å²) in [6.07, 6.45) is 1.62. The van der Waals surface area contributed by atoms with Gasteiger partial charge in [0.25, 0.3) is 0 Å². The Bertz CT molecular complexity index is 476. The Morgan fingerprint density at radius 1 is 1.05 bits per heavy atom. The standard InChI is InChI=1S/C16H25N3O2/c1-5-12-8-7-9-13(6-2)14(12)18-16(21)15(20)17-10-11-19(3)4/h7-9H,5-6,10-11H2,1-4H3,(H,17,20)(H,18,21). The number of likely N-dealkylation sites (N-methyl/N-ethyl adjacent to an activating group) is 1. The average Bonchev–Trinajstić information content (AvgIpc) is 2.46. The lowest BCUT2D eigenvalue weighted by Crippen LogP contribution is -2.39. The van der Waals surface area contributed by atoms with E-state index in [0.29, 0.717) is 13.1 Å². The number of hydrogen-bond acceptors (Lipinski definition) is 3. The van der Waals surface area contributed by atoms with Gasteiger partial charge in [-0.3, -0.25) is 9.59 Å². The molecular weight excluding hydrogens is 266 g/mol. The van der Waals surface area contributed by atoms with Crippen molar-refractivity contribution >= 4 is 17.5 Å². The number of para-hydroxylation sites is 1. The van der Waals surface area contributed by atoms with Crippen molar-refractivity contribution < 1.29 is 9.59 Å². The second-order valence-electron chi connectivity index (χ2n) is 5.17. The molecular formula is C16H25N3O2. The molecule has 0 unspecified atom stereocenters. The number of anilines is 1. The first kappa shape index (κ1) is 17.2. The highest BCUT2D eigenvalue weighted by Crippen LogP contribution is 2.22.